The first-order chi connectivity index (χ1) is 14.4. The number of nitrogens with zero attached hydrogens (tertiary/aromatic N) is 3. The molecule has 30 heavy (non-hydrogen) atoms. The maximum absolute atomic E-state index is 13.4. The molecular formula is C22H21FN4O3. The van der Waals surface area contributed by atoms with Crippen LogP contribution in [-0.2, 0) is 11.3 Å². The molecule has 1 unspecified atom stereocenters. The van der Waals surface area contributed by atoms with Gasteiger partial charge >= 0.3 is 0 Å². The Morgan fingerprint density at radius 2 is 2.07 bits per heavy atom. The van der Waals surface area contributed by atoms with E-state index in [4.69, 9.17) is 4.74 Å². The number of hydrogen-bond donors (Lipinski definition) is 1. The molecule has 0 saturated carbocycles. The van der Waals surface area contributed by atoms with E-state index in [1.54, 1.807) is 49.0 Å². The molecule has 0 radical (unpaired) electrons. The van der Waals surface area contributed by atoms with Crippen molar-refractivity contribution in [2.45, 2.75) is 19.0 Å². The van der Waals surface area contributed by atoms with Gasteiger partial charge in [-0.1, -0.05) is 24.3 Å². The van der Waals surface area contributed by atoms with Gasteiger partial charge in [-0.15, -0.1) is 0 Å². The van der Waals surface area contributed by atoms with Crippen molar-refractivity contribution in [3.63, 3.8) is 0 Å². The quantitative estimate of drug-likeness (QED) is 0.720. The fourth-order valence-electron chi connectivity index (χ4n) is 3.43. The highest BCUT2D eigenvalue weighted by Gasteiger charge is 2.42. The molecule has 1 aromatic heterocycles. The smallest absolute Gasteiger partial charge is 0.272 e. The van der Waals surface area contributed by atoms with Gasteiger partial charge in [0, 0.05) is 19.8 Å². The van der Waals surface area contributed by atoms with E-state index in [1.807, 2.05) is 12.1 Å². The van der Waals surface area contributed by atoms with Crippen LogP contribution in [0.4, 0.5) is 10.1 Å². The van der Waals surface area contributed by atoms with Crippen molar-refractivity contribution in [3.8, 4) is 5.75 Å². The second-order valence-corrected chi connectivity index (χ2v) is 7.47. The first kappa shape index (κ1) is 19.6. The van der Waals surface area contributed by atoms with E-state index >= 15 is 0 Å². The fraction of sp³-hybridized carbons (Fsp3) is 0.227. The number of fused-ring (bicyclic) bond motifs is 1. The predicted molar refractivity (Wildman–Crippen MR) is 109 cm³/mol. The number of halogens is 1. The highest BCUT2D eigenvalue weighted by atomic mass is 19.1. The van der Waals surface area contributed by atoms with Crippen LogP contribution in [0.1, 0.15) is 23.0 Å². The molecule has 1 N–H and O–H groups in total. The van der Waals surface area contributed by atoms with Crippen LogP contribution in [0.5, 0.6) is 5.75 Å². The number of amides is 2. The Balaban J connectivity index is 1.50. The van der Waals surface area contributed by atoms with E-state index in [0.29, 0.717) is 18.0 Å². The zero-order chi connectivity index (χ0) is 21.3. The second-order valence-electron chi connectivity index (χ2n) is 7.47. The van der Waals surface area contributed by atoms with Gasteiger partial charge in [0.05, 0.1) is 12.0 Å². The fourth-order valence-corrected chi connectivity index (χ4v) is 3.43. The van der Waals surface area contributed by atoms with E-state index in [9.17, 15) is 14.0 Å². The number of para-hydroxylation sites is 2. The summed E-state index contributed by atoms with van der Waals surface area (Å²) in [5, 5.41) is 2.76. The SMILES string of the molecule is CN1C(=O)C(C)(NC(=O)c2cn(Cc3cccc(F)c3)cn2)COc2ccccc21. The van der Waals surface area contributed by atoms with Gasteiger partial charge in [-0.05, 0) is 36.8 Å². The summed E-state index contributed by atoms with van der Waals surface area (Å²) in [6, 6.07) is 13.4. The lowest BCUT2D eigenvalue weighted by molar-refractivity contribution is -0.124. The molecule has 0 spiro atoms. The summed E-state index contributed by atoms with van der Waals surface area (Å²) in [5.74, 6) is -0.534. The maximum atomic E-state index is 13.4. The summed E-state index contributed by atoms with van der Waals surface area (Å²) in [4.78, 5) is 31.5. The zero-order valence-corrected chi connectivity index (χ0v) is 16.6. The van der Waals surface area contributed by atoms with Crippen LogP contribution in [0.25, 0.3) is 0 Å². The summed E-state index contributed by atoms with van der Waals surface area (Å²) >= 11 is 0. The van der Waals surface area contributed by atoms with Crippen LogP contribution < -0.4 is 15.0 Å². The zero-order valence-electron chi connectivity index (χ0n) is 16.6. The second kappa shape index (κ2) is 7.62. The molecule has 1 aliphatic rings. The number of benzene rings is 2. The van der Waals surface area contributed by atoms with Gasteiger partial charge in [-0.25, -0.2) is 9.37 Å². The molecule has 4 rings (SSSR count). The van der Waals surface area contributed by atoms with Gasteiger partial charge in [-0.3, -0.25) is 9.59 Å². The Morgan fingerprint density at radius 1 is 1.27 bits per heavy atom. The van der Waals surface area contributed by atoms with E-state index in [0.717, 1.165) is 5.56 Å². The van der Waals surface area contributed by atoms with E-state index in [-0.39, 0.29) is 24.0 Å². The molecule has 0 bridgehead atoms. The third kappa shape index (κ3) is 3.76. The number of likely N-dealkylation sites (N-methyl/N-ethyl adjacent to an activating group) is 1. The van der Waals surface area contributed by atoms with Crippen molar-refractivity contribution < 1.29 is 18.7 Å². The number of imidazole rings is 1. The third-order valence-corrected chi connectivity index (χ3v) is 5.03. The largest absolute Gasteiger partial charge is 0.488 e. The highest BCUT2D eigenvalue weighted by Crippen LogP contribution is 2.32. The van der Waals surface area contributed by atoms with Gasteiger partial charge in [0.25, 0.3) is 11.8 Å². The van der Waals surface area contributed by atoms with Crippen molar-refractivity contribution in [2.24, 2.45) is 0 Å². The minimum Gasteiger partial charge on any atom is -0.488 e. The van der Waals surface area contributed by atoms with Crippen LogP contribution in [0.3, 0.4) is 0 Å². The average molecular weight is 408 g/mol. The summed E-state index contributed by atoms with van der Waals surface area (Å²) in [5.41, 5.74) is 0.278. The highest BCUT2D eigenvalue weighted by molar-refractivity contribution is 6.05. The molecule has 2 heterocycles. The van der Waals surface area contributed by atoms with E-state index < -0.39 is 11.4 Å². The number of nitrogens with one attached hydrogen (secondary N) is 1. The molecule has 7 nitrogen and oxygen atoms in total. The molecule has 1 aliphatic heterocycles. The van der Waals surface area contributed by atoms with Crippen LogP contribution >= 0.6 is 0 Å². The van der Waals surface area contributed by atoms with Crippen LogP contribution in [0.2, 0.25) is 0 Å². The Morgan fingerprint density at radius 3 is 2.87 bits per heavy atom. The first-order valence-corrected chi connectivity index (χ1v) is 9.44. The van der Waals surface area contributed by atoms with Crippen LogP contribution in [-0.4, -0.2) is 40.6 Å². The van der Waals surface area contributed by atoms with Gasteiger partial charge in [0.15, 0.2) is 5.54 Å². The van der Waals surface area contributed by atoms with Crippen LogP contribution in [0, 0.1) is 5.82 Å². The van der Waals surface area contributed by atoms with E-state index in [1.165, 1.54) is 23.4 Å². The summed E-state index contributed by atoms with van der Waals surface area (Å²) in [6.45, 7) is 1.98. The maximum Gasteiger partial charge on any atom is 0.272 e. The van der Waals surface area contributed by atoms with Gasteiger partial charge in [-0.2, -0.15) is 0 Å². The van der Waals surface area contributed by atoms with Crippen LogP contribution in [0.15, 0.2) is 61.1 Å². The summed E-state index contributed by atoms with van der Waals surface area (Å²) in [7, 11) is 1.65. The molecular weight excluding hydrogens is 387 g/mol. The molecule has 154 valence electrons. The molecule has 0 aliphatic carbocycles. The summed E-state index contributed by atoms with van der Waals surface area (Å²) in [6.07, 6.45) is 3.06. The minimum absolute atomic E-state index is 0.0110. The standard InChI is InChI=1S/C22H21FN4O3/c1-22(13-30-19-9-4-3-8-18(19)26(2)21(22)29)25-20(28)17-12-27(14-24-17)11-15-6-5-7-16(23)10-15/h3-10,12,14H,11,13H2,1-2H3,(H,25,28). The Kier molecular flexibility index (Phi) is 4.99. The van der Waals surface area contributed by atoms with Crippen molar-refractivity contribution >= 4 is 17.5 Å². The number of ether oxygens (including phenoxy) is 1. The number of rotatable bonds is 4. The number of carbonyl (C=O) groups excluding carboxylic acids is 2. The molecule has 8 heteroatoms. The first-order valence-electron chi connectivity index (χ1n) is 9.44. The Labute approximate surface area is 173 Å². The van der Waals surface area contributed by atoms with Crippen molar-refractivity contribution in [3.05, 3.63) is 78.1 Å². The van der Waals surface area contributed by atoms with Gasteiger partial charge in [0.1, 0.15) is 23.9 Å². The Hall–Kier alpha value is -3.68. The minimum atomic E-state index is -1.27. The molecule has 0 fully saturated rings. The lowest BCUT2D eigenvalue weighted by Crippen LogP contribution is -2.59. The Bertz CT molecular complexity index is 1110. The molecule has 1 atom stereocenters. The lowest BCUT2D eigenvalue weighted by atomic mass is 10.0. The van der Waals surface area contributed by atoms with Gasteiger partial charge in [0.2, 0.25) is 0 Å². The number of anilines is 1. The lowest BCUT2D eigenvalue weighted by Gasteiger charge is -2.29. The normalized spacial score (nSPS) is 18.4. The number of hydrogen-bond acceptors (Lipinski definition) is 4. The van der Waals surface area contributed by atoms with Crippen molar-refractivity contribution in [2.75, 3.05) is 18.6 Å². The predicted octanol–water partition coefficient (Wildman–Crippen LogP) is 2.61. The third-order valence-electron chi connectivity index (χ3n) is 5.03. The number of aromatic nitrogens is 2. The van der Waals surface area contributed by atoms with Crippen molar-refractivity contribution in [1.82, 2.24) is 14.9 Å². The topological polar surface area (TPSA) is 76.5 Å². The van der Waals surface area contributed by atoms with Gasteiger partial charge < -0.3 is 19.5 Å². The molecule has 0 saturated heterocycles. The van der Waals surface area contributed by atoms with Crippen molar-refractivity contribution in [1.29, 1.82) is 0 Å². The van der Waals surface area contributed by atoms with E-state index in [2.05, 4.69) is 10.3 Å². The molecule has 3 aromatic rings. The summed E-state index contributed by atoms with van der Waals surface area (Å²) < 4.78 is 20.8. The average Bonchev–Trinajstić information content (AvgIpc) is 3.17. The number of carbonyl (C=O) groups is 2. The molecule has 2 aromatic carbocycles. The molecule has 2 amide bonds. The monoisotopic (exact) mass is 408 g/mol.